The number of nitrogens with zero attached hydrogens (tertiary/aromatic N) is 3. The second-order valence-electron chi connectivity index (χ2n) is 6.07. The van der Waals surface area contributed by atoms with E-state index in [1.807, 2.05) is 6.92 Å². The third kappa shape index (κ3) is 3.31. The van der Waals surface area contributed by atoms with Crippen LogP contribution in [0.15, 0.2) is 0 Å². The van der Waals surface area contributed by atoms with E-state index in [-0.39, 0.29) is 12.0 Å². The number of rotatable bonds is 3. The van der Waals surface area contributed by atoms with Gasteiger partial charge in [-0.2, -0.15) is 5.26 Å². The Kier molecular flexibility index (Phi) is 5.00. The molecule has 112 valence electrons. The van der Waals surface area contributed by atoms with Crippen LogP contribution < -0.4 is 0 Å². The minimum absolute atomic E-state index is 0.0579. The van der Waals surface area contributed by atoms with Crippen LogP contribution in [0.4, 0.5) is 0 Å². The molecule has 2 rings (SSSR count). The first-order valence-electron chi connectivity index (χ1n) is 7.59. The molecule has 1 saturated heterocycles. The fourth-order valence-corrected chi connectivity index (χ4v) is 3.23. The molecule has 1 saturated carbocycles. The molecule has 1 aliphatic carbocycles. The summed E-state index contributed by atoms with van der Waals surface area (Å²) in [7, 11) is 1.79. The number of amides is 1. The van der Waals surface area contributed by atoms with Crippen molar-refractivity contribution in [3.05, 3.63) is 0 Å². The van der Waals surface area contributed by atoms with Gasteiger partial charge in [0.15, 0.2) is 0 Å². The zero-order valence-corrected chi connectivity index (χ0v) is 12.6. The summed E-state index contributed by atoms with van der Waals surface area (Å²) >= 11 is 0. The van der Waals surface area contributed by atoms with E-state index in [2.05, 4.69) is 11.0 Å². The van der Waals surface area contributed by atoms with Gasteiger partial charge in [0.1, 0.15) is 5.54 Å². The highest BCUT2D eigenvalue weighted by Crippen LogP contribution is 2.32. The van der Waals surface area contributed by atoms with Crippen LogP contribution in [-0.2, 0) is 9.53 Å². The standard InChI is InChI=1S/C15H25N3O2/c1-13-10-18(8-9-20-13)11-14(19)17(2)15(12-16)6-4-3-5-7-15/h13H,3-11H2,1-2H3. The van der Waals surface area contributed by atoms with Crippen molar-refractivity contribution >= 4 is 5.91 Å². The minimum atomic E-state index is -0.576. The molecule has 1 heterocycles. The normalized spacial score (nSPS) is 26.8. The quantitative estimate of drug-likeness (QED) is 0.783. The molecule has 5 nitrogen and oxygen atoms in total. The molecule has 20 heavy (non-hydrogen) atoms. The van der Waals surface area contributed by atoms with Gasteiger partial charge < -0.3 is 9.64 Å². The SMILES string of the molecule is CC1CN(CC(=O)N(C)C2(C#N)CCCCC2)CCO1. The van der Waals surface area contributed by atoms with Crippen molar-refractivity contribution in [1.29, 1.82) is 5.26 Å². The molecule has 0 aromatic carbocycles. The molecule has 1 aliphatic heterocycles. The van der Waals surface area contributed by atoms with Crippen molar-refractivity contribution in [2.24, 2.45) is 0 Å². The lowest BCUT2D eigenvalue weighted by Gasteiger charge is -2.40. The molecule has 0 bridgehead atoms. The Hall–Kier alpha value is -1.12. The van der Waals surface area contributed by atoms with Gasteiger partial charge in [0.25, 0.3) is 0 Å². The average molecular weight is 279 g/mol. The zero-order chi connectivity index (χ0) is 14.6. The predicted molar refractivity (Wildman–Crippen MR) is 76.1 cm³/mol. The molecule has 0 aromatic rings. The number of hydrogen-bond acceptors (Lipinski definition) is 4. The second-order valence-corrected chi connectivity index (χ2v) is 6.07. The number of nitriles is 1. The zero-order valence-electron chi connectivity index (χ0n) is 12.6. The maximum absolute atomic E-state index is 12.5. The van der Waals surface area contributed by atoms with E-state index < -0.39 is 5.54 Å². The van der Waals surface area contributed by atoms with E-state index in [9.17, 15) is 10.1 Å². The summed E-state index contributed by atoms with van der Waals surface area (Å²) in [5.41, 5.74) is -0.576. The molecule has 2 fully saturated rings. The van der Waals surface area contributed by atoms with Gasteiger partial charge in [-0.1, -0.05) is 19.3 Å². The van der Waals surface area contributed by atoms with Crippen molar-refractivity contribution in [2.45, 2.75) is 50.7 Å². The first-order valence-corrected chi connectivity index (χ1v) is 7.59. The number of likely N-dealkylation sites (N-methyl/N-ethyl adjacent to an activating group) is 1. The van der Waals surface area contributed by atoms with Gasteiger partial charge in [-0.05, 0) is 19.8 Å². The van der Waals surface area contributed by atoms with E-state index in [0.29, 0.717) is 13.2 Å². The van der Waals surface area contributed by atoms with Crippen molar-refractivity contribution in [2.75, 3.05) is 33.3 Å². The lowest BCUT2D eigenvalue weighted by molar-refractivity contribution is -0.137. The molecule has 2 aliphatic rings. The number of ether oxygens (including phenoxy) is 1. The monoisotopic (exact) mass is 279 g/mol. The first-order chi connectivity index (χ1) is 9.57. The van der Waals surface area contributed by atoms with Crippen molar-refractivity contribution in [1.82, 2.24) is 9.80 Å². The first kappa shape index (κ1) is 15.3. The van der Waals surface area contributed by atoms with Crippen LogP contribution in [0, 0.1) is 11.3 Å². The molecular weight excluding hydrogens is 254 g/mol. The number of hydrogen-bond donors (Lipinski definition) is 0. The Balaban J connectivity index is 1.95. The van der Waals surface area contributed by atoms with Crippen LogP contribution >= 0.6 is 0 Å². The highest BCUT2D eigenvalue weighted by molar-refractivity contribution is 5.79. The van der Waals surface area contributed by atoms with Crippen LogP contribution in [-0.4, -0.2) is 60.6 Å². The maximum atomic E-state index is 12.5. The Morgan fingerprint density at radius 1 is 1.45 bits per heavy atom. The van der Waals surface area contributed by atoms with Crippen LogP contribution in [0.1, 0.15) is 39.0 Å². The van der Waals surface area contributed by atoms with Gasteiger partial charge in [0.2, 0.25) is 5.91 Å². The second kappa shape index (κ2) is 6.55. The van der Waals surface area contributed by atoms with Crippen LogP contribution in [0.25, 0.3) is 0 Å². The van der Waals surface area contributed by atoms with Gasteiger partial charge in [0, 0.05) is 20.1 Å². The van der Waals surface area contributed by atoms with Crippen LogP contribution in [0.3, 0.4) is 0 Å². The lowest BCUT2D eigenvalue weighted by atomic mass is 9.81. The summed E-state index contributed by atoms with van der Waals surface area (Å²) < 4.78 is 5.49. The fraction of sp³-hybridized carbons (Fsp3) is 0.867. The average Bonchev–Trinajstić information content (AvgIpc) is 2.47. The summed E-state index contributed by atoms with van der Waals surface area (Å²) in [6, 6.07) is 2.41. The minimum Gasteiger partial charge on any atom is -0.376 e. The fourth-order valence-electron chi connectivity index (χ4n) is 3.23. The number of carbonyl (C=O) groups excluding carboxylic acids is 1. The predicted octanol–water partition coefficient (Wildman–Crippen LogP) is 1.39. The molecule has 5 heteroatoms. The third-order valence-electron chi connectivity index (χ3n) is 4.59. The Morgan fingerprint density at radius 2 is 2.15 bits per heavy atom. The van der Waals surface area contributed by atoms with E-state index in [1.165, 1.54) is 6.42 Å². The maximum Gasteiger partial charge on any atom is 0.237 e. The van der Waals surface area contributed by atoms with Gasteiger partial charge in [0.05, 0.1) is 25.3 Å². The molecule has 0 aromatic heterocycles. The van der Waals surface area contributed by atoms with Crippen molar-refractivity contribution < 1.29 is 9.53 Å². The van der Waals surface area contributed by atoms with Crippen LogP contribution in [0.5, 0.6) is 0 Å². The van der Waals surface area contributed by atoms with Crippen LogP contribution in [0.2, 0.25) is 0 Å². The molecule has 1 amide bonds. The number of morpholine rings is 1. The third-order valence-corrected chi connectivity index (χ3v) is 4.59. The lowest BCUT2D eigenvalue weighted by Crippen LogP contribution is -2.54. The van der Waals surface area contributed by atoms with E-state index in [1.54, 1.807) is 11.9 Å². The molecular formula is C15H25N3O2. The molecule has 0 spiro atoms. The largest absolute Gasteiger partial charge is 0.376 e. The smallest absolute Gasteiger partial charge is 0.237 e. The summed E-state index contributed by atoms with van der Waals surface area (Å²) in [6.45, 7) is 4.69. The topological polar surface area (TPSA) is 56.6 Å². The van der Waals surface area contributed by atoms with Gasteiger partial charge in [-0.25, -0.2) is 0 Å². The van der Waals surface area contributed by atoms with Gasteiger partial charge in [-0.3, -0.25) is 9.69 Å². The Bertz CT molecular complexity index is 385. The van der Waals surface area contributed by atoms with E-state index >= 15 is 0 Å². The van der Waals surface area contributed by atoms with E-state index in [0.717, 1.165) is 38.8 Å². The summed E-state index contributed by atoms with van der Waals surface area (Å²) in [4.78, 5) is 16.3. The highest BCUT2D eigenvalue weighted by atomic mass is 16.5. The van der Waals surface area contributed by atoms with Crippen molar-refractivity contribution in [3.8, 4) is 6.07 Å². The molecule has 1 unspecified atom stereocenters. The van der Waals surface area contributed by atoms with Gasteiger partial charge in [-0.15, -0.1) is 0 Å². The summed E-state index contributed by atoms with van der Waals surface area (Å²) in [5, 5.41) is 9.53. The molecule has 1 atom stereocenters. The Labute approximate surface area is 121 Å². The summed E-state index contributed by atoms with van der Waals surface area (Å²) in [6.07, 6.45) is 5.06. The van der Waals surface area contributed by atoms with Gasteiger partial charge >= 0.3 is 0 Å². The Morgan fingerprint density at radius 3 is 2.75 bits per heavy atom. The molecule has 0 N–H and O–H groups in total. The van der Waals surface area contributed by atoms with Crippen molar-refractivity contribution in [3.63, 3.8) is 0 Å². The molecule has 0 radical (unpaired) electrons. The highest BCUT2D eigenvalue weighted by Gasteiger charge is 2.39. The summed E-state index contributed by atoms with van der Waals surface area (Å²) in [5.74, 6) is 0.0579. The number of carbonyl (C=O) groups is 1. The van der Waals surface area contributed by atoms with E-state index in [4.69, 9.17) is 4.74 Å².